The monoisotopic (exact) mass is 271 g/mol. The normalized spacial score (nSPS) is 9.84. The molecule has 0 aliphatic rings. The van der Waals surface area contributed by atoms with Crippen LogP contribution in [0.2, 0.25) is 0 Å². The molecule has 3 N–H and O–H groups in total. The number of carbonyl (C=O) groups is 2. The van der Waals surface area contributed by atoms with Gasteiger partial charge in [-0.3, -0.25) is 10.1 Å². The number of benzene rings is 1. The van der Waals surface area contributed by atoms with E-state index in [0.29, 0.717) is 6.54 Å². The molecule has 0 saturated heterocycles. The van der Waals surface area contributed by atoms with E-state index in [4.69, 9.17) is 0 Å². The van der Waals surface area contributed by atoms with Gasteiger partial charge >= 0.3 is 6.03 Å². The van der Waals surface area contributed by atoms with E-state index in [9.17, 15) is 18.4 Å². The van der Waals surface area contributed by atoms with Crippen LogP contribution in [0.3, 0.4) is 0 Å². The molecule has 0 aliphatic carbocycles. The molecule has 0 saturated carbocycles. The van der Waals surface area contributed by atoms with Gasteiger partial charge in [0.15, 0.2) is 0 Å². The molecule has 0 spiro atoms. The molecule has 104 valence electrons. The Morgan fingerprint density at radius 1 is 1.16 bits per heavy atom. The van der Waals surface area contributed by atoms with E-state index in [1.54, 1.807) is 0 Å². The predicted octanol–water partition coefficient (Wildman–Crippen LogP) is 1.61. The first-order valence-electron chi connectivity index (χ1n) is 5.79. The summed E-state index contributed by atoms with van der Waals surface area (Å²) in [6.07, 6.45) is 0.752. The van der Waals surface area contributed by atoms with Crippen LogP contribution in [-0.2, 0) is 4.79 Å². The Balaban J connectivity index is 2.39. The SMILES string of the molecule is CCCNC(=O)NC(=O)CNc1cc(F)cc(F)c1. The fraction of sp³-hybridized carbons (Fsp3) is 0.333. The van der Waals surface area contributed by atoms with Gasteiger partial charge in [-0.05, 0) is 18.6 Å². The fourth-order valence-electron chi connectivity index (χ4n) is 1.29. The first-order chi connectivity index (χ1) is 9.01. The van der Waals surface area contributed by atoms with Crippen LogP contribution in [0.1, 0.15) is 13.3 Å². The van der Waals surface area contributed by atoms with Gasteiger partial charge in [0.05, 0.1) is 6.54 Å². The topological polar surface area (TPSA) is 70.2 Å². The van der Waals surface area contributed by atoms with Crippen LogP contribution in [0, 0.1) is 11.6 Å². The molecule has 0 unspecified atom stereocenters. The van der Waals surface area contributed by atoms with Crippen molar-refractivity contribution in [3.8, 4) is 0 Å². The zero-order chi connectivity index (χ0) is 14.3. The Bertz CT molecular complexity index is 446. The summed E-state index contributed by atoms with van der Waals surface area (Å²) in [5.41, 5.74) is 0.126. The maximum absolute atomic E-state index is 12.9. The van der Waals surface area contributed by atoms with Crippen molar-refractivity contribution >= 4 is 17.6 Å². The lowest BCUT2D eigenvalue weighted by Crippen LogP contribution is -2.42. The van der Waals surface area contributed by atoms with E-state index in [2.05, 4.69) is 16.0 Å². The van der Waals surface area contributed by atoms with Gasteiger partial charge in [0, 0.05) is 18.3 Å². The van der Waals surface area contributed by atoms with Crippen molar-refractivity contribution in [1.29, 1.82) is 0 Å². The zero-order valence-electron chi connectivity index (χ0n) is 10.4. The van der Waals surface area contributed by atoms with Crippen molar-refractivity contribution in [2.75, 3.05) is 18.4 Å². The maximum atomic E-state index is 12.9. The van der Waals surface area contributed by atoms with Crippen LogP contribution in [0.15, 0.2) is 18.2 Å². The molecule has 3 amide bonds. The lowest BCUT2D eigenvalue weighted by Gasteiger charge is -2.08. The standard InChI is InChI=1S/C12H15F2N3O2/c1-2-3-15-12(19)17-11(18)7-16-10-5-8(13)4-9(14)6-10/h4-6,16H,2-3,7H2,1H3,(H2,15,17,18,19). The molecule has 7 heteroatoms. The van der Waals surface area contributed by atoms with Gasteiger partial charge in [-0.25, -0.2) is 13.6 Å². The molecular formula is C12H15F2N3O2. The largest absolute Gasteiger partial charge is 0.376 e. The van der Waals surface area contributed by atoms with Crippen molar-refractivity contribution in [3.05, 3.63) is 29.8 Å². The summed E-state index contributed by atoms with van der Waals surface area (Å²) in [6, 6.07) is 2.23. The molecule has 0 atom stereocenters. The van der Waals surface area contributed by atoms with Gasteiger partial charge in [0.25, 0.3) is 0 Å². The number of urea groups is 1. The molecule has 0 fully saturated rings. The minimum absolute atomic E-state index is 0.126. The predicted molar refractivity (Wildman–Crippen MR) is 66.7 cm³/mol. The van der Waals surface area contributed by atoms with E-state index in [1.807, 2.05) is 6.92 Å². The lowest BCUT2D eigenvalue weighted by molar-refractivity contribution is -0.118. The van der Waals surface area contributed by atoms with E-state index in [0.717, 1.165) is 24.6 Å². The summed E-state index contributed by atoms with van der Waals surface area (Å²) >= 11 is 0. The van der Waals surface area contributed by atoms with Crippen LogP contribution in [0.25, 0.3) is 0 Å². The molecule has 1 aromatic carbocycles. The second-order valence-corrected chi connectivity index (χ2v) is 3.82. The molecule has 5 nitrogen and oxygen atoms in total. The Morgan fingerprint density at radius 3 is 2.37 bits per heavy atom. The van der Waals surface area contributed by atoms with Crippen LogP contribution >= 0.6 is 0 Å². The number of imide groups is 1. The summed E-state index contributed by atoms with van der Waals surface area (Å²) in [6.45, 7) is 2.08. The van der Waals surface area contributed by atoms with Crippen molar-refractivity contribution in [2.45, 2.75) is 13.3 Å². The number of amides is 3. The van der Waals surface area contributed by atoms with Crippen molar-refractivity contribution in [2.24, 2.45) is 0 Å². The molecule has 0 aliphatic heterocycles. The summed E-state index contributed by atoms with van der Waals surface area (Å²) in [5, 5.41) is 7.05. The third-order valence-corrected chi connectivity index (χ3v) is 2.10. The number of hydrogen-bond acceptors (Lipinski definition) is 3. The second-order valence-electron chi connectivity index (χ2n) is 3.82. The average molecular weight is 271 g/mol. The highest BCUT2D eigenvalue weighted by atomic mass is 19.1. The molecule has 1 aromatic rings. The number of carbonyl (C=O) groups excluding carboxylic acids is 2. The zero-order valence-corrected chi connectivity index (χ0v) is 10.4. The smallest absolute Gasteiger partial charge is 0.321 e. The second kappa shape index (κ2) is 7.30. The molecule has 0 radical (unpaired) electrons. The summed E-state index contributed by atoms with van der Waals surface area (Å²) in [7, 11) is 0. The first-order valence-corrected chi connectivity index (χ1v) is 5.79. The molecule has 0 aromatic heterocycles. The number of rotatable bonds is 5. The van der Waals surface area contributed by atoms with Gasteiger partial charge in [0.2, 0.25) is 5.91 Å². The molecule has 0 bridgehead atoms. The van der Waals surface area contributed by atoms with Gasteiger partial charge in [-0.1, -0.05) is 6.92 Å². The third-order valence-electron chi connectivity index (χ3n) is 2.10. The van der Waals surface area contributed by atoms with Gasteiger partial charge in [-0.2, -0.15) is 0 Å². The number of halogens is 2. The molecule has 19 heavy (non-hydrogen) atoms. The first kappa shape index (κ1) is 14.9. The fourth-order valence-corrected chi connectivity index (χ4v) is 1.29. The van der Waals surface area contributed by atoms with Gasteiger partial charge in [0.1, 0.15) is 11.6 Å². The van der Waals surface area contributed by atoms with E-state index in [1.165, 1.54) is 0 Å². The number of anilines is 1. The lowest BCUT2D eigenvalue weighted by atomic mass is 10.3. The minimum Gasteiger partial charge on any atom is -0.376 e. The number of hydrogen-bond donors (Lipinski definition) is 3. The van der Waals surface area contributed by atoms with Crippen LogP contribution in [-0.4, -0.2) is 25.0 Å². The highest BCUT2D eigenvalue weighted by Gasteiger charge is 2.07. The quantitative estimate of drug-likeness (QED) is 0.762. The molecule has 1 rings (SSSR count). The van der Waals surface area contributed by atoms with E-state index >= 15 is 0 Å². The van der Waals surface area contributed by atoms with Crippen LogP contribution < -0.4 is 16.0 Å². The Labute approximate surface area is 109 Å². The average Bonchev–Trinajstić information content (AvgIpc) is 2.33. The van der Waals surface area contributed by atoms with E-state index in [-0.39, 0.29) is 12.2 Å². The Kier molecular flexibility index (Phi) is 5.72. The van der Waals surface area contributed by atoms with Gasteiger partial charge in [-0.15, -0.1) is 0 Å². The summed E-state index contributed by atoms with van der Waals surface area (Å²) < 4.78 is 25.7. The molecular weight excluding hydrogens is 256 g/mol. The van der Waals surface area contributed by atoms with Crippen LogP contribution in [0.4, 0.5) is 19.3 Å². The number of nitrogens with one attached hydrogen (secondary N) is 3. The summed E-state index contributed by atoms with van der Waals surface area (Å²) in [4.78, 5) is 22.5. The van der Waals surface area contributed by atoms with E-state index < -0.39 is 23.6 Å². The highest BCUT2D eigenvalue weighted by molar-refractivity contribution is 5.96. The third kappa shape index (κ3) is 5.80. The van der Waals surface area contributed by atoms with Gasteiger partial charge < -0.3 is 10.6 Å². The maximum Gasteiger partial charge on any atom is 0.321 e. The Hall–Kier alpha value is -2.18. The summed E-state index contributed by atoms with van der Waals surface area (Å²) in [5.74, 6) is -2.09. The molecule has 0 heterocycles. The Morgan fingerprint density at radius 2 is 1.79 bits per heavy atom. The van der Waals surface area contributed by atoms with Crippen molar-refractivity contribution in [1.82, 2.24) is 10.6 Å². The van der Waals surface area contributed by atoms with Crippen LogP contribution in [0.5, 0.6) is 0 Å². The highest BCUT2D eigenvalue weighted by Crippen LogP contribution is 2.12. The minimum atomic E-state index is -0.747. The van der Waals surface area contributed by atoms with Crippen molar-refractivity contribution in [3.63, 3.8) is 0 Å². The van der Waals surface area contributed by atoms with Crippen molar-refractivity contribution < 1.29 is 18.4 Å².